The molecule has 5 nitrogen and oxygen atoms in total. The molecular weight excluding hydrogens is 549 g/mol. The van der Waals surface area contributed by atoms with E-state index in [4.69, 9.17) is 44.6 Å². The molecule has 2 aromatic heterocycles. The van der Waals surface area contributed by atoms with Crippen LogP contribution in [0.2, 0.25) is 10.0 Å². The Kier molecular flexibility index (Phi) is 7.00. The van der Waals surface area contributed by atoms with E-state index >= 15 is 0 Å². The maximum atomic E-state index is 6.42. The Morgan fingerprint density at radius 2 is 1.62 bits per heavy atom. The summed E-state index contributed by atoms with van der Waals surface area (Å²) >= 11 is 18.2. The summed E-state index contributed by atoms with van der Waals surface area (Å²) in [5.41, 5.74) is 3.78. The molecule has 0 bridgehead atoms. The minimum atomic E-state index is -0.284. The number of aryl methyl sites for hydroxylation is 1. The van der Waals surface area contributed by atoms with Gasteiger partial charge in [-0.2, -0.15) is 0 Å². The van der Waals surface area contributed by atoms with E-state index in [0.717, 1.165) is 34.2 Å². The smallest absolute Gasteiger partial charge is 0.174 e. The summed E-state index contributed by atoms with van der Waals surface area (Å²) in [5.74, 6) is 2.94. The minimum absolute atomic E-state index is 0.227. The molecule has 1 aliphatic rings. The number of hydrogen-bond donors (Lipinski definition) is 1. The summed E-state index contributed by atoms with van der Waals surface area (Å²) in [5, 5.41) is 5.00. The van der Waals surface area contributed by atoms with E-state index in [1.807, 2.05) is 91.9 Å². The van der Waals surface area contributed by atoms with Gasteiger partial charge < -0.3 is 19.4 Å². The number of anilines is 1. The van der Waals surface area contributed by atoms with Gasteiger partial charge in [-0.25, -0.2) is 0 Å². The third-order valence-corrected chi connectivity index (χ3v) is 7.65. The average Bonchev–Trinajstić information content (AvgIpc) is 3.57. The lowest BCUT2D eigenvalue weighted by atomic mass is 10.0. The molecule has 2 atom stereocenters. The number of thiocarbonyl (C=S) groups is 1. The number of nitrogens with zero attached hydrogens (tertiary/aromatic N) is 2. The van der Waals surface area contributed by atoms with Gasteiger partial charge in [0.15, 0.2) is 5.11 Å². The van der Waals surface area contributed by atoms with Crippen molar-refractivity contribution in [1.29, 1.82) is 0 Å². The molecule has 5 aromatic rings. The van der Waals surface area contributed by atoms with Gasteiger partial charge in [0.25, 0.3) is 0 Å². The Morgan fingerprint density at radius 1 is 0.872 bits per heavy atom. The largest absolute Gasteiger partial charge is 0.459 e. The van der Waals surface area contributed by atoms with Crippen molar-refractivity contribution in [2.45, 2.75) is 19.0 Å². The fraction of sp³-hybridized carbons (Fsp3) is 0.0968. The number of benzene rings is 3. The van der Waals surface area contributed by atoms with E-state index in [9.17, 15) is 0 Å². The molecule has 3 aromatic carbocycles. The quantitative estimate of drug-likeness (QED) is 0.205. The van der Waals surface area contributed by atoms with Crippen molar-refractivity contribution in [1.82, 2.24) is 10.3 Å². The van der Waals surface area contributed by atoms with Crippen molar-refractivity contribution in [2.75, 3.05) is 4.90 Å². The number of nitrogens with one attached hydrogen (secondary N) is 1. The van der Waals surface area contributed by atoms with Gasteiger partial charge in [-0.3, -0.25) is 4.98 Å². The minimum Gasteiger partial charge on any atom is -0.459 e. The average molecular weight is 573 g/mol. The number of ether oxygens (including phenoxy) is 1. The highest BCUT2D eigenvalue weighted by Crippen LogP contribution is 2.43. The predicted octanol–water partition coefficient (Wildman–Crippen LogP) is 8.93. The van der Waals surface area contributed by atoms with Gasteiger partial charge in [0.2, 0.25) is 0 Å². The monoisotopic (exact) mass is 571 g/mol. The zero-order valence-corrected chi connectivity index (χ0v) is 23.2. The SMILES string of the molecule is Cc1ccc(Oc2ccc(N3C(=S)N[C@H](c4ccccn4)[C@H]3c3ccc(-c4ccc(Cl)c(Cl)c4)o3)cc2)cc1. The molecule has 1 saturated heterocycles. The van der Waals surface area contributed by atoms with Gasteiger partial charge in [-0.1, -0.05) is 47.0 Å². The lowest BCUT2D eigenvalue weighted by molar-refractivity contribution is 0.439. The molecule has 1 N–H and O–H groups in total. The predicted molar refractivity (Wildman–Crippen MR) is 160 cm³/mol. The maximum Gasteiger partial charge on any atom is 0.174 e. The van der Waals surface area contributed by atoms with E-state index in [-0.39, 0.29) is 12.1 Å². The number of furan rings is 1. The summed E-state index contributed by atoms with van der Waals surface area (Å²) in [6, 6.07) is 30.5. The molecular formula is C31H23Cl2N3O2S. The van der Waals surface area contributed by atoms with Gasteiger partial charge in [0, 0.05) is 17.4 Å². The Labute approximate surface area is 242 Å². The molecule has 0 amide bonds. The fourth-order valence-corrected chi connectivity index (χ4v) is 5.30. The second-order valence-electron chi connectivity index (χ2n) is 9.24. The highest BCUT2D eigenvalue weighted by Gasteiger charge is 2.42. The maximum absolute atomic E-state index is 6.42. The molecule has 39 heavy (non-hydrogen) atoms. The van der Waals surface area contributed by atoms with Crippen LogP contribution in [0.3, 0.4) is 0 Å². The van der Waals surface area contributed by atoms with Crippen LogP contribution in [0.5, 0.6) is 11.5 Å². The van der Waals surface area contributed by atoms with E-state index in [1.165, 1.54) is 5.56 Å². The summed E-state index contributed by atoms with van der Waals surface area (Å²) in [6.45, 7) is 2.05. The van der Waals surface area contributed by atoms with E-state index in [1.54, 1.807) is 18.3 Å². The lowest BCUT2D eigenvalue weighted by Crippen LogP contribution is -2.29. The first-order valence-electron chi connectivity index (χ1n) is 12.4. The van der Waals surface area contributed by atoms with Gasteiger partial charge in [-0.15, -0.1) is 0 Å². The number of pyridine rings is 1. The molecule has 0 aliphatic carbocycles. The van der Waals surface area contributed by atoms with Crippen molar-refractivity contribution in [3.8, 4) is 22.8 Å². The molecule has 8 heteroatoms. The normalized spacial score (nSPS) is 16.8. The first-order valence-corrected chi connectivity index (χ1v) is 13.5. The van der Waals surface area contributed by atoms with E-state index < -0.39 is 0 Å². The highest BCUT2D eigenvalue weighted by molar-refractivity contribution is 7.80. The number of hydrogen-bond acceptors (Lipinski definition) is 4. The van der Waals surface area contributed by atoms with Crippen molar-refractivity contribution >= 4 is 46.2 Å². The fourth-order valence-electron chi connectivity index (χ4n) is 4.66. The molecule has 0 unspecified atom stereocenters. The van der Waals surface area contributed by atoms with Crippen LogP contribution in [-0.4, -0.2) is 10.1 Å². The molecule has 194 valence electrons. The highest BCUT2D eigenvalue weighted by atomic mass is 35.5. The van der Waals surface area contributed by atoms with Crippen LogP contribution in [0.4, 0.5) is 5.69 Å². The van der Waals surface area contributed by atoms with E-state index in [0.29, 0.717) is 20.9 Å². The summed E-state index contributed by atoms with van der Waals surface area (Å²) in [4.78, 5) is 6.67. The second kappa shape index (κ2) is 10.7. The van der Waals surface area contributed by atoms with Crippen molar-refractivity contribution in [2.24, 2.45) is 0 Å². The Balaban J connectivity index is 1.35. The first-order chi connectivity index (χ1) is 19.0. The molecule has 1 aliphatic heterocycles. The topological polar surface area (TPSA) is 50.5 Å². The van der Waals surface area contributed by atoms with Crippen LogP contribution >= 0.6 is 35.4 Å². The number of rotatable bonds is 6. The summed E-state index contributed by atoms with van der Waals surface area (Å²) in [7, 11) is 0. The van der Waals surface area contributed by atoms with Gasteiger partial charge in [0.1, 0.15) is 29.1 Å². The van der Waals surface area contributed by atoms with Crippen molar-refractivity contribution < 1.29 is 9.15 Å². The molecule has 3 heterocycles. The Hall–Kier alpha value is -3.84. The van der Waals surface area contributed by atoms with Crippen LogP contribution in [-0.2, 0) is 0 Å². The van der Waals surface area contributed by atoms with Crippen LogP contribution in [0.25, 0.3) is 11.3 Å². The van der Waals surface area contributed by atoms with Gasteiger partial charge in [0.05, 0.1) is 21.8 Å². The third kappa shape index (κ3) is 5.23. The van der Waals surface area contributed by atoms with Crippen LogP contribution < -0.4 is 15.0 Å². The second-order valence-corrected chi connectivity index (χ2v) is 10.4. The Bertz CT molecular complexity index is 1620. The zero-order chi connectivity index (χ0) is 26.9. The van der Waals surface area contributed by atoms with Crippen molar-refractivity contribution in [3.63, 3.8) is 0 Å². The Morgan fingerprint density at radius 3 is 2.31 bits per heavy atom. The lowest BCUT2D eigenvalue weighted by Gasteiger charge is -2.26. The zero-order valence-electron chi connectivity index (χ0n) is 20.8. The first kappa shape index (κ1) is 25.4. The van der Waals surface area contributed by atoms with Crippen LogP contribution in [0.15, 0.2) is 108 Å². The van der Waals surface area contributed by atoms with Gasteiger partial charge in [-0.05, 0) is 98.0 Å². The van der Waals surface area contributed by atoms with Gasteiger partial charge >= 0.3 is 0 Å². The van der Waals surface area contributed by atoms with Crippen LogP contribution in [0, 0.1) is 6.92 Å². The standard InChI is InChI=1S/C31H23Cl2N3O2S/c1-19-5-10-22(11-6-19)37-23-12-8-21(9-13-23)36-30(29(35-31(36)39)26-4-2-3-17-34-26)28-16-15-27(38-28)20-7-14-24(32)25(33)18-20/h2-18,29-30H,1H3,(H,35,39)/t29-,30-/m1/s1. The molecule has 0 radical (unpaired) electrons. The molecule has 0 spiro atoms. The summed E-state index contributed by atoms with van der Waals surface area (Å²) in [6.07, 6.45) is 1.78. The van der Waals surface area contributed by atoms with E-state index in [2.05, 4.69) is 15.2 Å². The third-order valence-electron chi connectivity index (χ3n) is 6.59. The summed E-state index contributed by atoms with van der Waals surface area (Å²) < 4.78 is 12.5. The molecule has 6 rings (SSSR count). The molecule has 1 fully saturated rings. The van der Waals surface area contributed by atoms with Crippen LogP contribution in [0.1, 0.15) is 29.1 Å². The number of halogens is 2. The molecule has 0 saturated carbocycles. The number of aromatic nitrogens is 1. The van der Waals surface area contributed by atoms with Crippen molar-refractivity contribution in [3.05, 3.63) is 130 Å².